The molecule has 0 spiro atoms. The van der Waals surface area contributed by atoms with Gasteiger partial charge in [-0.25, -0.2) is 0 Å². The number of nitrogens with one attached hydrogen (secondary N) is 2. The molecule has 2 N–H and O–H groups in total. The standard InChI is InChI=1S/C16H26N6.HI/c1-13(2)9-11-19-16(17-3)18-10-6-8-15-21-20-14-7-4-5-12-22(14)15;/h4-5,7,12-13H,6,8-11H2,1-3H3,(H2,17,18,19);1H. The van der Waals surface area contributed by atoms with Gasteiger partial charge in [-0.15, -0.1) is 34.2 Å². The highest BCUT2D eigenvalue weighted by Crippen LogP contribution is 2.04. The third-order valence-corrected chi connectivity index (χ3v) is 3.49. The van der Waals surface area contributed by atoms with Crippen LogP contribution in [0.2, 0.25) is 0 Å². The van der Waals surface area contributed by atoms with Crippen molar-refractivity contribution in [1.29, 1.82) is 0 Å². The topological polar surface area (TPSA) is 66.6 Å². The highest BCUT2D eigenvalue weighted by Gasteiger charge is 2.04. The maximum Gasteiger partial charge on any atom is 0.190 e. The van der Waals surface area contributed by atoms with Crippen LogP contribution >= 0.6 is 24.0 Å². The van der Waals surface area contributed by atoms with E-state index >= 15 is 0 Å². The van der Waals surface area contributed by atoms with Crippen LogP contribution in [0.3, 0.4) is 0 Å². The molecule has 0 unspecified atom stereocenters. The highest BCUT2D eigenvalue weighted by atomic mass is 127. The Morgan fingerprint density at radius 2 is 2.00 bits per heavy atom. The van der Waals surface area contributed by atoms with Gasteiger partial charge in [-0.2, -0.15) is 0 Å². The molecule has 0 aliphatic heterocycles. The average Bonchev–Trinajstić information content (AvgIpc) is 2.92. The monoisotopic (exact) mass is 430 g/mol. The lowest BCUT2D eigenvalue weighted by Crippen LogP contribution is -2.38. The van der Waals surface area contributed by atoms with Crippen molar-refractivity contribution in [3.8, 4) is 0 Å². The van der Waals surface area contributed by atoms with E-state index in [0.717, 1.165) is 49.8 Å². The maximum absolute atomic E-state index is 4.24. The van der Waals surface area contributed by atoms with E-state index in [4.69, 9.17) is 0 Å². The third-order valence-electron chi connectivity index (χ3n) is 3.49. The molecule has 0 amide bonds. The molecule has 6 nitrogen and oxygen atoms in total. The number of aromatic nitrogens is 3. The Labute approximate surface area is 155 Å². The Balaban J connectivity index is 0.00000264. The van der Waals surface area contributed by atoms with E-state index in [-0.39, 0.29) is 24.0 Å². The van der Waals surface area contributed by atoms with Crippen molar-refractivity contribution in [2.75, 3.05) is 20.1 Å². The van der Waals surface area contributed by atoms with Gasteiger partial charge in [0.2, 0.25) is 0 Å². The second-order valence-electron chi connectivity index (χ2n) is 5.76. The fourth-order valence-corrected chi connectivity index (χ4v) is 2.21. The second kappa shape index (κ2) is 10.4. The highest BCUT2D eigenvalue weighted by molar-refractivity contribution is 14.0. The summed E-state index contributed by atoms with van der Waals surface area (Å²) in [7, 11) is 1.80. The summed E-state index contributed by atoms with van der Waals surface area (Å²) in [5.74, 6) is 2.57. The zero-order chi connectivity index (χ0) is 15.8. The lowest BCUT2D eigenvalue weighted by Gasteiger charge is -2.12. The Bertz CT molecular complexity index is 607. The van der Waals surface area contributed by atoms with Crippen molar-refractivity contribution >= 4 is 35.6 Å². The van der Waals surface area contributed by atoms with Crippen LogP contribution in [-0.4, -0.2) is 40.7 Å². The summed E-state index contributed by atoms with van der Waals surface area (Å²) in [6.45, 7) is 6.26. The molecule has 0 aliphatic rings. The fourth-order valence-electron chi connectivity index (χ4n) is 2.21. The van der Waals surface area contributed by atoms with Gasteiger partial charge in [0.1, 0.15) is 5.82 Å². The van der Waals surface area contributed by atoms with Crippen LogP contribution in [0.25, 0.3) is 5.65 Å². The molecule has 0 aromatic carbocycles. The molecule has 2 heterocycles. The van der Waals surface area contributed by atoms with E-state index in [1.54, 1.807) is 7.05 Å². The van der Waals surface area contributed by atoms with E-state index in [0.29, 0.717) is 5.92 Å². The lowest BCUT2D eigenvalue weighted by atomic mass is 10.1. The zero-order valence-electron chi connectivity index (χ0n) is 14.1. The zero-order valence-corrected chi connectivity index (χ0v) is 16.4. The molecular formula is C16H27IN6. The summed E-state index contributed by atoms with van der Waals surface area (Å²) in [6, 6.07) is 5.94. The molecule has 7 heteroatoms. The van der Waals surface area contributed by atoms with Crippen LogP contribution in [0.5, 0.6) is 0 Å². The number of pyridine rings is 1. The smallest absolute Gasteiger partial charge is 0.190 e. The SMILES string of the molecule is CN=C(NCCCc1nnc2ccccn12)NCCC(C)C.I. The molecule has 0 aliphatic carbocycles. The summed E-state index contributed by atoms with van der Waals surface area (Å²) in [5, 5.41) is 15.1. The summed E-state index contributed by atoms with van der Waals surface area (Å²) in [4.78, 5) is 4.23. The van der Waals surface area contributed by atoms with Gasteiger partial charge >= 0.3 is 0 Å². The Hall–Kier alpha value is -1.38. The molecule has 0 fully saturated rings. The molecular weight excluding hydrogens is 403 g/mol. The first kappa shape index (κ1) is 19.7. The Morgan fingerprint density at radius 1 is 1.22 bits per heavy atom. The number of fused-ring (bicyclic) bond motifs is 1. The molecule has 0 saturated heterocycles. The number of rotatable bonds is 7. The average molecular weight is 430 g/mol. The molecule has 0 bridgehead atoms. The predicted molar refractivity (Wildman–Crippen MR) is 106 cm³/mol. The van der Waals surface area contributed by atoms with E-state index in [9.17, 15) is 0 Å². The minimum atomic E-state index is 0. The normalized spacial score (nSPS) is 11.6. The molecule has 128 valence electrons. The van der Waals surface area contributed by atoms with Crippen molar-refractivity contribution in [3.05, 3.63) is 30.2 Å². The predicted octanol–water partition coefficient (Wildman–Crippen LogP) is 2.49. The van der Waals surface area contributed by atoms with Gasteiger partial charge in [0.25, 0.3) is 0 Å². The molecule has 2 aromatic rings. The number of hydrogen-bond acceptors (Lipinski definition) is 3. The molecule has 23 heavy (non-hydrogen) atoms. The Kier molecular flexibility index (Phi) is 8.90. The van der Waals surface area contributed by atoms with Crippen LogP contribution in [0, 0.1) is 5.92 Å². The first-order valence-electron chi connectivity index (χ1n) is 7.94. The van der Waals surface area contributed by atoms with Gasteiger partial charge in [-0.1, -0.05) is 19.9 Å². The van der Waals surface area contributed by atoms with Crippen molar-refractivity contribution in [1.82, 2.24) is 25.2 Å². The van der Waals surface area contributed by atoms with E-state index in [2.05, 4.69) is 39.7 Å². The van der Waals surface area contributed by atoms with E-state index in [1.807, 2.05) is 28.8 Å². The number of aliphatic imine (C=N–C) groups is 1. The Morgan fingerprint density at radius 3 is 2.74 bits per heavy atom. The maximum atomic E-state index is 4.24. The lowest BCUT2D eigenvalue weighted by molar-refractivity contribution is 0.573. The summed E-state index contributed by atoms with van der Waals surface area (Å²) < 4.78 is 2.04. The molecule has 0 saturated carbocycles. The number of nitrogens with zero attached hydrogens (tertiary/aromatic N) is 4. The van der Waals surface area contributed by atoms with Gasteiger partial charge in [0.15, 0.2) is 11.6 Å². The van der Waals surface area contributed by atoms with Crippen molar-refractivity contribution in [3.63, 3.8) is 0 Å². The minimum Gasteiger partial charge on any atom is -0.356 e. The van der Waals surface area contributed by atoms with Crippen molar-refractivity contribution < 1.29 is 0 Å². The number of aryl methyl sites for hydroxylation is 1. The number of hydrogen-bond donors (Lipinski definition) is 2. The summed E-state index contributed by atoms with van der Waals surface area (Å²) >= 11 is 0. The van der Waals surface area contributed by atoms with Crippen LogP contribution in [0.4, 0.5) is 0 Å². The van der Waals surface area contributed by atoms with E-state index < -0.39 is 0 Å². The van der Waals surface area contributed by atoms with Gasteiger partial charge in [0, 0.05) is 32.8 Å². The number of guanidine groups is 1. The second-order valence-corrected chi connectivity index (χ2v) is 5.76. The molecule has 2 rings (SSSR count). The largest absolute Gasteiger partial charge is 0.356 e. The van der Waals surface area contributed by atoms with Crippen LogP contribution < -0.4 is 10.6 Å². The van der Waals surface area contributed by atoms with Crippen LogP contribution in [0.15, 0.2) is 29.4 Å². The first-order valence-corrected chi connectivity index (χ1v) is 7.94. The van der Waals surface area contributed by atoms with Gasteiger partial charge in [-0.3, -0.25) is 9.39 Å². The quantitative estimate of drug-likeness (QED) is 0.307. The molecule has 0 radical (unpaired) electrons. The minimum absolute atomic E-state index is 0. The third kappa shape index (κ3) is 6.32. The first-order chi connectivity index (χ1) is 10.7. The van der Waals surface area contributed by atoms with Gasteiger partial charge < -0.3 is 10.6 Å². The molecule has 2 aromatic heterocycles. The fraction of sp³-hybridized carbons (Fsp3) is 0.562. The van der Waals surface area contributed by atoms with Gasteiger partial charge in [0.05, 0.1) is 0 Å². The summed E-state index contributed by atoms with van der Waals surface area (Å²) in [6.07, 6.45) is 5.03. The van der Waals surface area contributed by atoms with Crippen molar-refractivity contribution in [2.45, 2.75) is 33.1 Å². The van der Waals surface area contributed by atoms with Crippen molar-refractivity contribution in [2.24, 2.45) is 10.9 Å². The van der Waals surface area contributed by atoms with E-state index in [1.165, 1.54) is 0 Å². The van der Waals surface area contributed by atoms with Crippen LogP contribution in [-0.2, 0) is 6.42 Å². The molecule has 0 atom stereocenters. The number of halogens is 1. The van der Waals surface area contributed by atoms with Gasteiger partial charge in [-0.05, 0) is 30.9 Å². The summed E-state index contributed by atoms with van der Waals surface area (Å²) in [5.41, 5.74) is 0.900. The van der Waals surface area contributed by atoms with Crippen LogP contribution in [0.1, 0.15) is 32.5 Å².